The molecule has 3 aliphatic rings. The minimum atomic E-state index is -0.174. The number of rotatable bonds is 4. The van der Waals surface area contributed by atoms with Crippen LogP contribution in [0.25, 0.3) is 0 Å². The number of benzene rings is 1. The smallest absolute Gasteiger partial charge is 0.228 e. The van der Waals surface area contributed by atoms with E-state index in [2.05, 4.69) is 25.8 Å². The first kappa shape index (κ1) is 20.6. The van der Waals surface area contributed by atoms with E-state index in [1.807, 2.05) is 23.7 Å². The monoisotopic (exact) mass is 447 g/mol. The molecule has 33 heavy (non-hydrogen) atoms. The third kappa shape index (κ3) is 3.75. The van der Waals surface area contributed by atoms with Crippen LogP contribution in [0.4, 0.5) is 21.8 Å². The molecule has 0 N–H and O–H groups in total. The number of hydrogen-bond acceptors (Lipinski definition) is 6. The molecule has 0 spiro atoms. The molecule has 3 aromatic rings. The lowest BCUT2D eigenvalue weighted by atomic mass is 9.82. The highest BCUT2D eigenvalue weighted by molar-refractivity contribution is 5.58. The molecule has 1 saturated heterocycles. The van der Waals surface area contributed by atoms with Gasteiger partial charge in [-0.25, -0.2) is 19.0 Å². The van der Waals surface area contributed by atoms with E-state index >= 15 is 0 Å². The first-order chi connectivity index (χ1) is 16.0. The molecule has 0 amide bonds. The fourth-order valence-electron chi connectivity index (χ4n) is 5.97. The van der Waals surface area contributed by atoms with Gasteiger partial charge in [-0.05, 0) is 68.6 Å². The van der Waals surface area contributed by atoms with Gasteiger partial charge in [-0.3, -0.25) is 0 Å². The van der Waals surface area contributed by atoms with Crippen LogP contribution in [-0.4, -0.2) is 44.4 Å². The van der Waals surface area contributed by atoms with Gasteiger partial charge in [0.05, 0.1) is 0 Å². The molecule has 2 fully saturated rings. The maximum Gasteiger partial charge on any atom is 0.228 e. The summed E-state index contributed by atoms with van der Waals surface area (Å²) in [7, 11) is 0. The number of halogens is 1. The van der Waals surface area contributed by atoms with E-state index in [-0.39, 0.29) is 5.82 Å². The summed E-state index contributed by atoms with van der Waals surface area (Å²) in [5.41, 5.74) is 2.53. The first-order valence-corrected chi connectivity index (χ1v) is 12.1. The highest BCUT2D eigenvalue weighted by Crippen LogP contribution is 2.44. The molecular formula is C25H30FN7. The third-order valence-electron chi connectivity index (χ3n) is 7.72. The number of nitrogens with zero attached hydrogens (tertiary/aromatic N) is 7. The third-order valence-corrected chi connectivity index (χ3v) is 7.72. The molecule has 0 radical (unpaired) electrons. The molecule has 6 rings (SSSR count). The highest BCUT2D eigenvalue weighted by Gasteiger charge is 2.43. The van der Waals surface area contributed by atoms with E-state index in [0.717, 1.165) is 68.0 Å². The van der Waals surface area contributed by atoms with Crippen LogP contribution >= 0.6 is 0 Å². The molecule has 7 nitrogen and oxygen atoms in total. The van der Waals surface area contributed by atoms with Crippen LogP contribution < -0.4 is 9.80 Å². The van der Waals surface area contributed by atoms with Crippen molar-refractivity contribution < 1.29 is 4.39 Å². The normalized spacial score (nSPS) is 24.3. The number of hydrogen-bond donors (Lipinski definition) is 0. The van der Waals surface area contributed by atoms with Crippen molar-refractivity contribution >= 4 is 17.5 Å². The van der Waals surface area contributed by atoms with Crippen molar-refractivity contribution in [1.82, 2.24) is 24.7 Å². The minimum Gasteiger partial charge on any atom is -0.356 e. The molecule has 2 aliphatic heterocycles. The van der Waals surface area contributed by atoms with E-state index in [1.165, 1.54) is 12.8 Å². The van der Waals surface area contributed by atoms with Crippen molar-refractivity contribution in [3.63, 3.8) is 0 Å². The second-order valence-corrected chi connectivity index (χ2v) is 9.88. The second kappa shape index (κ2) is 8.08. The predicted molar refractivity (Wildman–Crippen MR) is 125 cm³/mol. The van der Waals surface area contributed by atoms with Crippen LogP contribution in [0.3, 0.4) is 0 Å². The summed E-state index contributed by atoms with van der Waals surface area (Å²) in [6.45, 7) is 7.60. The zero-order chi connectivity index (χ0) is 22.5. The van der Waals surface area contributed by atoms with Crippen LogP contribution in [0.1, 0.15) is 36.3 Å². The van der Waals surface area contributed by atoms with Gasteiger partial charge in [0.15, 0.2) is 5.82 Å². The lowest BCUT2D eigenvalue weighted by Crippen LogP contribution is -2.43. The molecule has 1 unspecified atom stereocenters. The number of fused-ring (bicyclic) bond motifs is 3. The summed E-state index contributed by atoms with van der Waals surface area (Å²) in [6, 6.07) is 7.52. The van der Waals surface area contributed by atoms with Crippen molar-refractivity contribution in [3.05, 3.63) is 53.5 Å². The molecule has 1 aromatic carbocycles. The van der Waals surface area contributed by atoms with Crippen LogP contribution in [-0.2, 0) is 13.0 Å². The summed E-state index contributed by atoms with van der Waals surface area (Å²) in [6.07, 6.45) is 6.09. The Bertz CT molecular complexity index is 1160. The summed E-state index contributed by atoms with van der Waals surface area (Å²) >= 11 is 0. The molecule has 3 atom stereocenters. The van der Waals surface area contributed by atoms with Crippen molar-refractivity contribution in [2.75, 3.05) is 29.4 Å². The standard InChI is InChI=1S/C25H30FN7/c1-16-4-7-20(11-22(16)26)32-8-3-9-33-25(32)29-23(30-33)12-21-18-5-6-19(21)14-31(13-18)24-10-17(2)27-15-28-24/h4,7,10-11,15,18-19,21H,3,5-6,8-9,12-14H2,1-2H3/t18-,19+,21?. The van der Waals surface area contributed by atoms with Gasteiger partial charge in [-0.2, -0.15) is 10.1 Å². The molecule has 8 heteroatoms. The Morgan fingerprint density at radius 3 is 2.61 bits per heavy atom. The number of aromatic nitrogens is 5. The van der Waals surface area contributed by atoms with Crippen molar-refractivity contribution in [2.24, 2.45) is 17.8 Å². The van der Waals surface area contributed by atoms with Gasteiger partial charge in [0.1, 0.15) is 18.0 Å². The Morgan fingerprint density at radius 2 is 1.85 bits per heavy atom. The minimum absolute atomic E-state index is 0.174. The molecule has 172 valence electrons. The lowest BCUT2D eigenvalue weighted by Gasteiger charge is -2.38. The largest absolute Gasteiger partial charge is 0.356 e. The fourth-order valence-corrected chi connectivity index (χ4v) is 5.97. The Labute approximate surface area is 193 Å². The van der Waals surface area contributed by atoms with E-state index in [4.69, 9.17) is 10.1 Å². The van der Waals surface area contributed by atoms with E-state index in [9.17, 15) is 4.39 Å². The van der Waals surface area contributed by atoms with Crippen molar-refractivity contribution in [3.8, 4) is 0 Å². The summed E-state index contributed by atoms with van der Waals surface area (Å²) < 4.78 is 16.2. The van der Waals surface area contributed by atoms with Gasteiger partial charge in [0, 0.05) is 50.0 Å². The number of aryl methyl sites for hydroxylation is 3. The summed E-state index contributed by atoms with van der Waals surface area (Å²) in [5.74, 6) is 4.54. The molecule has 1 saturated carbocycles. The van der Waals surface area contributed by atoms with Crippen LogP contribution in [0.15, 0.2) is 30.6 Å². The average Bonchev–Trinajstić information content (AvgIpc) is 3.31. The van der Waals surface area contributed by atoms with Gasteiger partial charge in [-0.15, -0.1) is 0 Å². The van der Waals surface area contributed by atoms with Gasteiger partial charge in [-0.1, -0.05) is 6.07 Å². The molecule has 1 aliphatic carbocycles. The molecule has 4 heterocycles. The Balaban J connectivity index is 1.21. The quantitative estimate of drug-likeness (QED) is 0.601. The lowest BCUT2D eigenvalue weighted by molar-refractivity contribution is 0.264. The molecule has 2 bridgehead atoms. The molecular weight excluding hydrogens is 417 g/mol. The van der Waals surface area contributed by atoms with Crippen LogP contribution in [0, 0.1) is 37.4 Å². The van der Waals surface area contributed by atoms with Crippen LogP contribution in [0.2, 0.25) is 0 Å². The van der Waals surface area contributed by atoms with Crippen LogP contribution in [0.5, 0.6) is 0 Å². The average molecular weight is 448 g/mol. The second-order valence-electron chi connectivity index (χ2n) is 9.88. The summed E-state index contributed by atoms with van der Waals surface area (Å²) in [4.78, 5) is 18.3. The van der Waals surface area contributed by atoms with Crippen molar-refractivity contribution in [1.29, 1.82) is 0 Å². The number of piperidine rings is 1. The zero-order valence-corrected chi connectivity index (χ0v) is 19.3. The van der Waals surface area contributed by atoms with E-state index in [1.54, 1.807) is 19.3 Å². The van der Waals surface area contributed by atoms with E-state index < -0.39 is 0 Å². The van der Waals surface area contributed by atoms with Crippen molar-refractivity contribution in [2.45, 2.75) is 46.1 Å². The maximum absolute atomic E-state index is 14.2. The predicted octanol–water partition coefficient (Wildman–Crippen LogP) is 4.07. The SMILES string of the molecule is Cc1cc(N2C[C@H]3CC[C@@H](C2)C3Cc2nc3n(n2)CCCN3c2ccc(C)c(F)c2)ncn1. The van der Waals surface area contributed by atoms with E-state index in [0.29, 0.717) is 23.3 Å². The Morgan fingerprint density at radius 1 is 1.03 bits per heavy atom. The fraction of sp³-hybridized carbons (Fsp3) is 0.520. The maximum atomic E-state index is 14.2. The zero-order valence-electron chi connectivity index (χ0n) is 19.3. The summed E-state index contributed by atoms with van der Waals surface area (Å²) in [5, 5.41) is 4.88. The first-order valence-electron chi connectivity index (χ1n) is 12.1. The molecule has 2 aromatic heterocycles. The Kier molecular flexibility index (Phi) is 5.03. The van der Waals surface area contributed by atoms with Gasteiger partial charge in [0.2, 0.25) is 5.95 Å². The van der Waals surface area contributed by atoms with Gasteiger partial charge in [0.25, 0.3) is 0 Å². The topological polar surface area (TPSA) is 63.0 Å². The highest BCUT2D eigenvalue weighted by atomic mass is 19.1. The van der Waals surface area contributed by atoms with Gasteiger partial charge < -0.3 is 9.80 Å². The number of anilines is 3. The Hall–Kier alpha value is -3.03. The van der Waals surface area contributed by atoms with Gasteiger partial charge >= 0.3 is 0 Å².